The van der Waals surface area contributed by atoms with Gasteiger partial charge in [-0.3, -0.25) is 14.9 Å². The zero-order chi connectivity index (χ0) is 23.5. The summed E-state index contributed by atoms with van der Waals surface area (Å²) in [6.45, 7) is 3.10. The van der Waals surface area contributed by atoms with Gasteiger partial charge in [0.1, 0.15) is 6.04 Å². The highest BCUT2D eigenvalue weighted by Crippen LogP contribution is 2.43. The molecule has 0 radical (unpaired) electrons. The van der Waals surface area contributed by atoms with Gasteiger partial charge in [0.25, 0.3) is 0 Å². The largest absolute Gasteiger partial charge is 0.393 e. The first-order valence-electron chi connectivity index (χ1n) is 12.3. The molecule has 2 aromatic rings. The first kappa shape index (κ1) is 23.0. The second-order valence-corrected chi connectivity index (χ2v) is 9.60. The maximum Gasteiger partial charge on any atom is 0.244 e. The number of aliphatic hydroxyl groups excluding tert-OH is 1. The Kier molecular flexibility index (Phi) is 6.68. The average molecular weight is 464 g/mol. The Bertz CT molecular complexity index is 1010. The molecular formula is C27H33N3O4. The molecule has 1 spiro atoms. The van der Waals surface area contributed by atoms with Crippen LogP contribution in [0.2, 0.25) is 0 Å². The van der Waals surface area contributed by atoms with Crippen LogP contribution in [0.4, 0.5) is 0 Å². The van der Waals surface area contributed by atoms with E-state index in [-0.39, 0.29) is 30.1 Å². The number of fused-ring (bicyclic) bond motifs is 2. The van der Waals surface area contributed by atoms with Crippen molar-refractivity contribution in [3.8, 4) is 0 Å². The highest BCUT2D eigenvalue weighted by atomic mass is 16.5. The molecule has 3 aliphatic rings. The molecule has 1 unspecified atom stereocenters. The van der Waals surface area contributed by atoms with Gasteiger partial charge in [0, 0.05) is 26.2 Å². The minimum Gasteiger partial charge on any atom is -0.393 e. The standard InChI is InChI=1S/C27H33N3O4/c31-22-10-14-30(15-11-22)26(33)25(20-6-2-1-3-7-20)28-18-24(32)29-16-12-27(13-17-29)23-9-5-4-8-21(23)19-34-27/h1-9,22,25,28,31H,10-19H2. The fourth-order valence-electron chi connectivity index (χ4n) is 5.48. The fourth-order valence-corrected chi connectivity index (χ4v) is 5.48. The zero-order valence-electron chi connectivity index (χ0n) is 19.5. The van der Waals surface area contributed by atoms with Gasteiger partial charge in [0.15, 0.2) is 0 Å². The molecule has 3 aliphatic heterocycles. The van der Waals surface area contributed by atoms with Crippen molar-refractivity contribution in [1.29, 1.82) is 0 Å². The van der Waals surface area contributed by atoms with Gasteiger partial charge in [0.2, 0.25) is 11.8 Å². The van der Waals surface area contributed by atoms with Crippen molar-refractivity contribution in [2.24, 2.45) is 0 Å². The number of likely N-dealkylation sites (tertiary alicyclic amines) is 2. The van der Waals surface area contributed by atoms with E-state index in [0.717, 1.165) is 18.4 Å². The van der Waals surface area contributed by atoms with Crippen molar-refractivity contribution in [1.82, 2.24) is 15.1 Å². The number of piperidine rings is 2. The van der Waals surface area contributed by atoms with E-state index in [1.54, 1.807) is 4.90 Å². The van der Waals surface area contributed by atoms with Crippen LogP contribution in [0.25, 0.3) is 0 Å². The summed E-state index contributed by atoms with van der Waals surface area (Å²) in [5, 5.41) is 13.0. The molecule has 5 rings (SSSR count). The van der Waals surface area contributed by atoms with Crippen LogP contribution in [-0.2, 0) is 26.5 Å². The van der Waals surface area contributed by atoms with Crippen molar-refractivity contribution >= 4 is 11.8 Å². The predicted octanol–water partition coefficient (Wildman–Crippen LogP) is 2.35. The maximum absolute atomic E-state index is 13.3. The SMILES string of the molecule is O=C(CNC(C(=O)N1CCC(O)CC1)c1ccccc1)N1CCC2(CC1)OCc1ccccc12. The molecule has 3 heterocycles. The Morgan fingerprint density at radius 1 is 0.971 bits per heavy atom. The van der Waals surface area contributed by atoms with Crippen LogP contribution in [0.1, 0.15) is 48.4 Å². The first-order chi connectivity index (χ1) is 16.6. The molecule has 1 atom stereocenters. The molecule has 2 fully saturated rings. The van der Waals surface area contributed by atoms with Crippen LogP contribution in [-0.4, -0.2) is 65.5 Å². The number of rotatable bonds is 5. The number of hydrogen-bond donors (Lipinski definition) is 2. The number of nitrogens with zero attached hydrogens (tertiary/aromatic N) is 2. The number of nitrogens with one attached hydrogen (secondary N) is 1. The monoisotopic (exact) mass is 463 g/mol. The summed E-state index contributed by atoms with van der Waals surface area (Å²) in [5.41, 5.74) is 3.09. The molecular weight excluding hydrogens is 430 g/mol. The van der Waals surface area contributed by atoms with Crippen LogP contribution in [0.3, 0.4) is 0 Å². The Morgan fingerprint density at radius 2 is 1.65 bits per heavy atom. The van der Waals surface area contributed by atoms with Gasteiger partial charge in [-0.05, 0) is 42.4 Å². The molecule has 0 bridgehead atoms. The number of carbonyl (C=O) groups excluding carboxylic acids is 2. The molecule has 0 aliphatic carbocycles. The van der Waals surface area contributed by atoms with Crippen molar-refractivity contribution < 1.29 is 19.4 Å². The summed E-state index contributed by atoms with van der Waals surface area (Å²) in [5.74, 6) is -0.0385. The Hall–Kier alpha value is -2.74. The second-order valence-electron chi connectivity index (χ2n) is 9.60. The predicted molar refractivity (Wildman–Crippen MR) is 128 cm³/mol. The quantitative estimate of drug-likeness (QED) is 0.712. The van der Waals surface area contributed by atoms with Crippen molar-refractivity contribution in [3.63, 3.8) is 0 Å². The summed E-state index contributed by atoms with van der Waals surface area (Å²) < 4.78 is 6.22. The molecule has 180 valence electrons. The molecule has 0 aromatic heterocycles. The van der Waals surface area contributed by atoms with Crippen LogP contribution in [0.5, 0.6) is 0 Å². The minimum atomic E-state index is -0.582. The lowest BCUT2D eigenvalue weighted by atomic mass is 9.84. The first-order valence-corrected chi connectivity index (χ1v) is 12.3. The topological polar surface area (TPSA) is 82.1 Å². The Morgan fingerprint density at radius 3 is 2.38 bits per heavy atom. The van der Waals surface area contributed by atoms with Gasteiger partial charge in [-0.25, -0.2) is 0 Å². The number of ether oxygens (including phenoxy) is 1. The van der Waals surface area contributed by atoms with Crippen molar-refractivity contribution in [3.05, 3.63) is 71.3 Å². The number of hydrogen-bond acceptors (Lipinski definition) is 5. The number of aliphatic hydroxyl groups is 1. The summed E-state index contributed by atoms with van der Waals surface area (Å²) in [7, 11) is 0. The van der Waals surface area contributed by atoms with Crippen molar-refractivity contribution in [2.75, 3.05) is 32.7 Å². The summed E-state index contributed by atoms with van der Waals surface area (Å²) in [4.78, 5) is 30.1. The average Bonchev–Trinajstić information content (AvgIpc) is 3.23. The van der Waals surface area contributed by atoms with Gasteiger partial charge >= 0.3 is 0 Å². The van der Waals surface area contributed by atoms with Gasteiger partial charge in [-0.2, -0.15) is 0 Å². The van der Waals surface area contributed by atoms with Crippen LogP contribution in [0.15, 0.2) is 54.6 Å². The smallest absolute Gasteiger partial charge is 0.244 e. The minimum absolute atomic E-state index is 0.00364. The molecule has 2 aromatic carbocycles. The van der Waals surface area contributed by atoms with E-state index in [2.05, 4.69) is 23.5 Å². The van der Waals surface area contributed by atoms with E-state index in [1.807, 2.05) is 41.3 Å². The van der Waals surface area contributed by atoms with Crippen LogP contribution >= 0.6 is 0 Å². The number of amides is 2. The number of benzene rings is 2. The highest BCUT2D eigenvalue weighted by Gasteiger charge is 2.43. The van der Waals surface area contributed by atoms with E-state index in [4.69, 9.17) is 4.74 Å². The normalized spacial score (nSPS) is 20.9. The van der Waals surface area contributed by atoms with E-state index in [9.17, 15) is 14.7 Å². The van der Waals surface area contributed by atoms with Gasteiger partial charge in [0.05, 0.1) is 24.9 Å². The molecule has 34 heavy (non-hydrogen) atoms. The molecule has 7 heteroatoms. The lowest BCUT2D eigenvalue weighted by Crippen LogP contribution is -2.50. The summed E-state index contributed by atoms with van der Waals surface area (Å²) in [6, 6.07) is 17.3. The summed E-state index contributed by atoms with van der Waals surface area (Å²) >= 11 is 0. The fraction of sp³-hybridized carbons (Fsp3) is 0.481. The van der Waals surface area contributed by atoms with Crippen LogP contribution in [0, 0.1) is 0 Å². The Labute approximate surface area is 200 Å². The van der Waals surface area contributed by atoms with Gasteiger partial charge < -0.3 is 19.6 Å². The third-order valence-corrected chi connectivity index (χ3v) is 7.55. The van der Waals surface area contributed by atoms with E-state index >= 15 is 0 Å². The summed E-state index contributed by atoms with van der Waals surface area (Å²) in [6.07, 6.45) is 2.41. The van der Waals surface area contributed by atoms with E-state index < -0.39 is 6.04 Å². The Balaban J connectivity index is 1.21. The van der Waals surface area contributed by atoms with Crippen LogP contribution < -0.4 is 5.32 Å². The third kappa shape index (κ3) is 4.60. The molecule has 2 saturated heterocycles. The van der Waals surface area contributed by atoms with E-state index in [1.165, 1.54) is 11.1 Å². The van der Waals surface area contributed by atoms with Gasteiger partial charge in [-0.1, -0.05) is 54.6 Å². The maximum atomic E-state index is 13.3. The van der Waals surface area contributed by atoms with Crippen molar-refractivity contribution in [2.45, 2.75) is 50.0 Å². The molecule has 2 N–H and O–H groups in total. The zero-order valence-corrected chi connectivity index (χ0v) is 19.5. The molecule has 2 amide bonds. The highest BCUT2D eigenvalue weighted by molar-refractivity contribution is 5.85. The lowest BCUT2D eigenvalue weighted by Gasteiger charge is -2.39. The third-order valence-electron chi connectivity index (χ3n) is 7.55. The molecule has 7 nitrogen and oxygen atoms in total. The van der Waals surface area contributed by atoms with E-state index in [0.29, 0.717) is 45.6 Å². The lowest BCUT2D eigenvalue weighted by molar-refractivity contribution is -0.138. The van der Waals surface area contributed by atoms with Gasteiger partial charge in [-0.15, -0.1) is 0 Å². The number of carbonyl (C=O) groups is 2. The molecule has 0 saturated carbocycles. The second kappa shape index (κ2) is 9.86.